The van der Waals surface area contributed by atoms with E-state index in [1.165, 1.54) is 121 Å². The van der Waals surface area contributed by atoms with Gasteiger partial charge in [-0.3, -0.25) is 0 Å². The smallest absolute Gasteiger partial charge is 0.160 e. The van der Waals surface area contributed by atoms with Crippen LogP contribution in [0.5, 0.6) is 0 Å². The molecule has 0 radical (unpaired) electrons. The lowest BCUT2D eigenvalue weighted by Crippen LogP contribution is -2.28. The van der Waals surface area contributed by atoms with Crippen LogP contribution in [0.25, 0.3) is 176 Å². The van der Waals surface area contributed by atoms with E-state index in [-0.39, 0.29) is 0 Å². The van der Waals surface area contributed by atoms with E-state index in [1.807, 2.05) is 12.1 Å². The number of hydrogen-bond acceptors (Lipinski definition) is 2. The van der Waals surface area contributed by atoms with Crippen molar-refractivity contribution < 1.29 is 8.83 Å². The van der Waals surface area contributed by atoms with E-state index >= 15 is 0 Å². The monoisotopic (exact) mass is 1480 g/mol. The Kier molecular flexibility index (Phi) is 13.7. The van der Waals surface area contributed by atoms with Gasteiger partial charge in [0.15, 0.2) is 11.2 Å². The van der Waals surface area contributed by atoms with E-state index in [0.29, 0.717) is 0 Å². The first-order valence-corrected chi connectivity index (χ1v) is 40.0. The Balaban J connectivity index is 0.000000130. The summed E-state index contributed by atoms with van der Waals surface area (Å²) in [6.45, 7) is 0. The lowest BCUT2D eigenvalue weighted by atomic mass is 9.67. The van der Waals surface area contributed by atoms with Gasteiger partial charge in [0, 0.05) is 87.4 Å². The molecule has 6 aromatic heterocycles. The van der Waals surface area contributed by atoms with Crippen LogP contribution in [0.4, 0.5) is 0 Å². The summed E-state index contributed by atoms with van der Waals surface area (Å²) in [4.78, 5) is 0. The quantitative estimate of drug-likeness (QED) is 0.152. The van der Waals surface area contributed by atoms with Crippen LogP contribution in [0.2, 0.25) is 0 Å². The van der Waals surface area contributed by atoms with Crippen molar-refractivity contribution in [3.8, 4) is 45.0 Å². The summed E-state index contributed by atoms with van der Waals surface area (Å²) in [5.74, 6) is 0. The van der Waals surface area contributed by atoms with Gasteiger partial charge in [0.25, 0.3) is 0 Å². The highest BCUT2D eigenvalue weighted by Crippen LogP contribution is 2.59. The first-order chi connectivity index (χ1) is 57.6. The molecular weight excluding hydrogens is 1410 g/mol. The van der Waals surface area contributed by atoms with Crippen LogP contribution in [0.1, 0.15) is 44.5 Å². The molecule has 0 saturated heterocycles. The Morgan fingerprint density at radius 1 is 0.172 bits per heavy atom. The molecule has 0 unspecified atom stereocenters. The molecule has 0 atom stereocenters. The SMILES string of the molecule is c1ccc(-n2c3cc4c(cc3c3ccc5c6ccccc6oc5c32)c2ccccc2n4-c2ccc(C3(c4ccccc4)c4ccccc4-c4ccccc43)cc2)cc1.c1ccc(-n2c3cc4c(cc3c3ccc5c6ccccc6oc5c32)c2ccccc2n4-c2cccc(C3(c4ccccc4)c4ccccc4-c4ccccc43)c2)cc1. The van der Waals surface area contributed by atoms with Gasteiger partial charge in [0.1, 0.15) is 11.2 Å². The molecule has 6 nitrogen and oxygen atoms in total. The maximum absolute atomic E-state index is 6.73. The second-order valence-corrected chi connectivity index (χ2v) is 31.2. The molecule has 0 amide bonds. The number of fused-ring (bicyclic) bond motifs is 26. The molecule has 0 aliphatic heterocycles. The Labute approximate surface area is 666 Å². The molecule has 0 N–H and O–H groups in total. The normalized spacial score (nSPS) is 13.3. The Bertz CT molecular complexity index is 8100. The van der Waals surface area contributed by atoms with Crippen molar-refractivity contribution in [2.24, 2.45) is 0 Å². The molecule has 0 saturated carbocycles. The minimum absolute atomic E-state index is 0.446. The second kappa shape index (κ2) is 24.6. The summed E-state index contributed by atoms with van der Waals surface area (Å²) in [5.41, 5.74) is 31.8. The van der Waals surface area contributed by atoms with Gasteiger partial charge in [0.2, 0.25) is 0 Å². The number of para-hydroxylation sites is 6. The highest BCUT2D eigenvalue weighted by Gasteiger charge is 2.48. The summed E-state index contributed by atoms with van der Waals surface area (Å²) in [7, 11) is 0. The molecule has 26 rings (SSSR count). The van der Waals surface area contributed by atoms with Crippen molar-refractivity contribution in [3.63, 3.8) is 0 Å². The van der Waals surface area contributed by atoms with Gasteiger partial charge >= 0.3 is 0 Å². The van der Waals surface area contributed by atoms with Crippen molar-refractivity contribution in [3.05, 3.63) is 457 Å². The molecule has 116 heavy (non-hydrogen) atoms. The molecule has 6 heterocycles. The predicted molar refractivity (Wildman–Crippen MR) is 479 cm³/mol. The molecular formula is C110H68N4O2. The van der Waals surface area contributed by atoms with Crippen LogP contribution in [0.15, 0.2) is 421 Å². The van der Waals surface area contributed by atoms with Gasteiger partial charge < -0.3 is 27.1 Å². The third-order valence-electron chi connectivity index (χ3n) is 25.6. The minimum atomic E-state index is -0.492. The summed E-state index contributed by atoms with van der Waals surface area (Å²) in [6, 6.07) is 151. The number of furan rings is 2. The van der Waals surface area contributed by atoms with Crippen LogP contribution in [0, 0.1) is 0 Å². The van der Waals surface area contributed by atoms with Gasteiger partial charge in [0.05, 0.1) is 55.0 Å². The zero-order valence-corrected chi connectivity index (χ0v) is 62.9. The average molecular weight is 1480 g/mol. The average Bonchev–Trinajstić information content (AvgIpc) is 1.53. The maximum atomic E-state index is 6.73. The van der Waals surface area contributed by atoms with E-state index in [2.05, 4.69) is 419 Å². The van der Waals surface area contributed by atoms with Crippen molar-refractivity contribution in [2.45, 2.75) is 10.8 Å². The fourth-order valence-electron chi connectivity index (χ4n) is 20.9. The Hall–Kier alpha value is -15.2. The first-order valence-electron chi connectivity index (χ1n) is 40.0. The zero-order valence-electron chi connectivity index (χ0n) is 62.9. The summed E-state index contributed by atoms with van der Waals surface area (Å²) in [5, 5.41) is 14.2. The van der Waals surface area contributed by atoms with Crippen LogP contribution < -0.4 is 0 Å². The van der Waals surface area contributed by atoms with Gasteiger partial charge in [-0.15, -0.1) is 0 Å². The predicted octanol–water partition coefficient (Wildman–Crippen LogP) is 28.3. The molecule has 0 fully saturated rings. The highest BCUT2D eigenvalue weighted by atomic mass is 16.3. The topological polar surface area (TPSA) is 46.0 Å². The van der Waals surface area contributed by atoms with Crippen LogP contribution in [-0.4, -0.2) is 18.3 Å². The number of rotatable bonds is 8. The van der Waals surface area contributed by atoms with Gasteiger partial charge in [-0.1, -0.05) is 303 Å². The molecule has 2 aliphatic rings. The van der Waals surface area contributed by atoms with E-state index in [9.17, 15) is 0 Å². The maximum Gasteiger partial charge on any atom is 0.160 e. The molecule has 18 aromatic carbocycles. The van der Waals surface area contributed by atoms with Crippen molar-refractivity contribution in [1.29, 1.82) is 0 Å². The van der Waals surface area contributed by atoms with Gasteiger partial charge in [-0.05, 0) is 176 Å². The standard InChI is InChI=1S/2C55H34N2O/c1-3-16-35(17-4-1)55(47-26-11-7-22-39(47)40-23-8-12-27-48(40)55)36-18-15-21-38(32-36)56-49-28-13-9-24-41(49)45-33-46-43-30-31-44-42-25-10-14-29-52(42)58-54(44)53(43)57(51(46)34-50(45)56)37-19-5-2-6-20-37;1-3-15-35(16-4-1)55(47-23-11-7-19-39(47)40-20-8-12-24-48(40)55)36-27-29-38(30-28-36)56-49-25-13-9-21-41(49)45-33-46-43-31-32-44-42-22-10-14-26-52(42)58-54(44)53(43)57(51(46)34-50(45)56)37-17-5-2-6-18-37/h2*1-34H. The number of nitrogens with zero attached hydrogens (tertiary/aromatic N) is 4. The van der Waals surface area contributed by atoms with Crippen molar-refractivity contribution in [2.75, 3.05) is 0 Å². The molecule has 24 aromatic rings. The Morgan fingerprint density at radius 3 is 0.931 bits per heavy atom. The van der Waals surface area contributed by atoms with E-state index in [0.717, 1.165) is 99.7 Å². The molecule has 0 bridgehead atoms. The van der Waals surface area contributed by atoms with E-state index in [1.54, 1.807) is 0 Å². The number of hydrogen-bond donors (Lipinski definition) is 0. The molecule has 2 aliphatic carbocycles. The van der Waals surface area contributed by atoms with E-state index < -0.39 is 10.8 Å². The summed E-state index contributed by atoms with van der Waals surface area (Å²) >= 11 is 0. The van der Waals surface area contributed by atoms with Gasteiger partial charge in [-0.2, -0.15) is 0 Å². The summed E-state index contributed by atoms with van der Waals surface area (Å²) < 4.78 is 23.2. The highest BCUT2D eigenvalue weighted by molar-refractivity contribution is 6.27. The minimum Gasteiger partial charge on any atom is -0.454 e. The van der Waals surface area contributed by atoms with Crippen LogP contribution >= 0.6 is 0 Å². The fourth-order valence-corrected chi connectivity index (χ4v) is 20.9. The van der Waals surface area contributed by atoms with Crippen molar-refractivity contribution in [1.82, 2.24) is 18.3 Å². The molecule has 540 valence electrons. The first kappa shape index (κ1) is 64.4. The number of benzene rings is 18. The third-order valence-corrected chi connectivity index (χ3v) is 25.6. The third kappa shape index (κ3) is 8.84. The lowest BCUT2D eigenvalue weighted by molar-refractivity contribution is 0.670. The zero-order chi connectivity index (χ0) is 75.9. The van der Waals surface area contributed by atoms with Crippen molar-refractivity contribution >= 4 is 131 Å². The fraction of sp³-hybridized carbons (Fsp3) is 0.0182. The molecule has 6 heteroatoms. The van der Waals surface area contributed by atoms with Crippen LogP contribution in [-0.2, 0) is 10.8 Å². The largest absolute Gasteiger partial charge is 0.454 e. The molecule has 0 spiro atoms. The van der Waals surface area contributed by atoms with E-state index in [4.69, 9.17) is 8.83 Å². The van der Waals surface area contributed by atoms with Gasteiger partial charge in [-0.25, -0.2) is 0 Å². The Morgan fingerprint density at radius 2 is 0.483 bits per heavy atom. The van der Waals surface area contributed by atoms with Crippen LogP contribution in [0.3, 0.4) is 0 Å². The summed E-state index contributed by atoms with van der Waals surface area (Å²) in [6.07, 6.45) is 0. The number of aromatic nitrogens is 4. The second-order valence-electron chi connectivity index (χ2n) is 31.2. The lowest BCUT2D eigenvalue weighted by Gasteiger charge is -2.34.